The molecule has 0 aliphatic carbocycles. The van der Waals surface area contributed by atoms with Gasteiger partial charge >= 0.3 is 0 Å². The van der Waals surface area contributed by atoms with E-state index in [4.69, 9.17) is 4.74 Å². The first kappa shape index (κ1) is 13.9. The molecule has 0 radical (unpaired) electrons. The first-order valence-electron chi connectivity index (χ1n) is 6.59. The summed E-state index contributed by atoms with van der Waals surface area (Å²) < 4.78 is 5.74. The molecule has 0 saturated carbocycles. The van der Waals surface area contributed by atoms with E-state index in [-0.39, 0.29) is 5.60 Å². The maximum absolute atomic E-state index is 5.74. The maximum atomic E-state index is 5.74. The molecule has 2 nitrogen and oxygen atoms in total. The molecular formula is C15H23NOS. The molecule has 1 unspecified atom stereocenters. The summed E-state index contributed by atoms with van der Waals surface area (Å²) in [7, 11) is 0. The molecule has 1 saturated heterocycles. The Morgan fingerprint density at radius 1 is 1.33 bits per heavy atom. The first-order valence-corrected chi connectivity index (χ1v) is 7.82. The van der Waals surface area contributed by atoms with Crippen LogP contribution in [0.5, 0.6) is 0 Å². The minimum atomic E-state index is 0.0264. The minimum absolute atomic E-state index is 0.0264. The van der Waals surface area contributed by atoms with Crippen molar-refractivity contribution in [1.29, 1.82) is 0 Å². The lowest BCUT2D eigenvalue weighted by Gasteiger charge is -2.36. The molecule has 1 aromatic rings. The highest BCUT2D eigenvalue weighted by molar-refractivity contribution is 7.98. The smallest absolute Gasteiger partial charge is 0.0641 e. The Morgan fingerprint density at radius 2 is 2.06 bits per heavy atom. The van der Waals surface area contributed by atoms with E-state index >= 15 is 0 Å². The average Bonchev–Trinajstić information content (AvgIpc) is 2.36. The van der Waals surface area contributed by atoms with Gasteiger partial charge in [-0.2, -0.15) is 0 Å². The van der Waals surface area contributed by atoms with Gasteiger partial charge in [0, 0.05) is 24.1 Å². The predicted molar refractivity (Wildman–Crippen MR) is 78.1 cm³/mol. The molecule has 0 spiro atoms. The molecule has 1 N–H and O–H groups in total. The summed E-state index contributed by atoms with van der Waals surface area (Å²) in [5.41, 5.74) is 1.38. The van der Waals surface area contributed by atoms with Crippen LogP contribution in [0.3, 0.4) is 0 Å². The third kappa shape index (κ3) is 4.01. The molecule has 1 aliphatic rings. The van der Waals surface area contributed by atoms with Crippen molar-refractivity contribution < 1.29 is 4.74 Å². The third-order valence-corrected chi connectivity index (χ3v) is 4.19. The van der Waals surface area contributed by atoms with Crippen LogP contribution in [0.15, 0.2) is 29.2 Å². The molecule has 1 aliphatic heterocycles. The van der Waals surface area contributed by atoms with Crippen LogP contribution in [0.25, 0.3) is 0 Å². The average molecular weight is 265 g/mol. The van der Waals surface area contributed by atoms with Gasteiger partial charge in [0.15, 0.2) is 0 Å². The Labute approximate surface area is 114 Å². The van der Waals surface area contributed by atoms with Crippen molar-refractivity contribution in [2.75, 3.05) is 12.9 Å². The largest absolute Gasteiger partial charge is 0.375 e. The van der Waals surface area contributed by atoms with Gasteiger partial charge in [0.25, 0.3) is 0 Å². The van der Waals surface area contributed by atoms with Crippen molar-refractivity contribution in [3.05, 3.63) is 29.8 Å². The lowest BCUT2D eigenvalue weighted by molar-refractivity contribution is -0.0630. The molecule has 1 aromatic carbocycles. The van der Waals surface area contributed by atoms with Crippen molar-refractivity contribution in [2.24, 2.45) is 0 Å². The molecule has 0 bridgehead atoms. The number of hydrogen-bond acceptors (Lipinski definition) is 3. The number of ether oxygens (including phenoxy) is 1. The second kappa shape index (κ2) is 6.09. The Bertz CT molecular complexity index is 375. The Hall–Kier alpha value is -0.510. The molecule has 2 rings (SSSR count). The Kier molecular flexibility index (Phi) is 4.71. The van der Waals surface area contributed by atoms with Crippen molar-refractivity contribution in [3.63, 3.8) is 0 Å². The minimum Gasteiger partial charge on any atom is -0.375 e. The normalized spacial score (nSPS) is 22.9. The summed E-state index contributed by atoms with van der Waals surface area (Å²) in [6.45, 7) is 6.17. The third-order valence-electron chi connectivity index (χ3n) is 3.45. The van der Waals surface area contributed by atoms with Gasteiger partial charge in [-0.3, -0.25) is 0 Å². The fraction of sp³-hybridized carbons (Fsp3) is 0.600. The lowest BCUT2D eigenvalue weighted by atomic mass is 9.94. The van der Waals surface area contributed by atoms with Crippen molar-refractivity contribution in [2.45, 2.75) is 49.8 Å². The van der Waals surface area contributed by atoms with Crippen LogP contribution in [0.4, 0.5) is 0 Å². The van der Waals surface area contributed by atoms with Crippen LogP contribution in [-0.2, 0) is 11.3 Å². The topological polar surface area (TPSA) is 21.3 Å². The standard InChI is InChI=1S/C15H23NOS/c1-15(2)10-13(8-9-17-15)16-11-12-4-6-14(18-3)7-5-12/h4-7,13,16H,8-11H2,1-3H3. The summed E-state index contributed by atoms with van der Waals surface area (Å²) in [6.07, 6.45) is 4.32. The maximum Gasteiger partial charge on any atom is 0.0641 e. The van der Waals surface area contributed by atoms with Gasteiger partial charge in [0.05, 0.1) is 5.60 Å². The molecular weight excluding hydrogens is 242 g/mol. The molecule has 18 heavy (non-hydrogen) atoms. The van der Waals surface area contributed by atoms with E-state index in [2.05, 4.69) is 49.7 Å². The van der Waals surface area contributed by atoms with E-state index in [0.717, 1.165) is 26.0 Å². The van der Waals surface area contributed by atoms with E-state index in [9.17, 15) is 0 Å². The summed E-state index contributed by atoms with van der Waals surface area (Å²) in [6, 6.07) is 9.38. The van der Waals surface area contributed by atoms with Crippen molar-refractivity contribution in [3.8, 4) is 0 Å². The Morgan fingerprint density at radius 3 is 2.67 bits per heavy atom. The van der Waals surface area contributed by atoms with Crippen LogP contribution in [0.2, 0.25) is 0 Å². The van der Waals surface area contributed by atoms with E-state index in [0.29, 0.717) is 6.04 Å². The highest BCUT2D eigenvalue weighted by atomic mass is 32.2. The van der Waals surface area contributed by atoms with E-state index in [1.807, 2.05) is 0 Å². The van der Waals surface area contributed by atoms with Gasteiger partial charge in [0.2, 0.25) is 0 Å². The van der Waals surface area contributed by atoms with Gasteiger partial charge in [-0.05, 0) is 50.6 Å². The number of benzene rings is 1. The molecule has 3 heteroatoms. The molecule has 1 fully saturated rings. The number of rotatable bonds is 4. The van der Waals surface area contributed by atoms with Crippen LogP contribution < -0.4 is 5.32 Å². The second-order valence-corrected chi connectivity index (χ2v) is 6.41. The number of nitrogens with one attached hydrogen (secondary N) is 1. The van der Waals surface area contributed by atoms with E-state index in [1.54, 1.807) is 11.8 Å². The molecule has 0 aromatic heterocycles. The van der Waals surface area contributed by atoms with Gasteiger partial charge in [-0.1, -0.05) is 12.1 Å². The monoisotopic (exact) mass is 265 g/mol. The van der Waals surface area contributed by atoms with Gasteiger partial charge in [0.1, 0.15) is 0 Å². The lowest BCUT2D eigenvalue weighted by Crippen LogP contribution is -2.43. The van der Waals surface area contributed by atoms with Crippen LogP contribution in [-0.4, -0.2) is 24.5 Å². The van der Waals surface area contributed by atoms with Gasteiger partial charge < -0.3 is 10.1 Å². The molecule has 1 heterocycles. The fourth-order valence-electron chi connectivity index (χ4n) is 2.41. The quantitative estimate of drug-likeness (QED) is 0.843. The van der Waals surface area contributed by atoms with E-state index in [1.165, 1.54) is 10.5 Å². The zero-order valence-corrected chi connectivity index (χ0v) is 12.3. The fourth-order valence-corrected chi connectivity index (χ4v) is 2.82. The summed E-state index contributed by atoms with van der Waals surface area (Å²) in [5, 5.41) is 3.64. The van der Waals surface area contributed by atoms with Crippen LogP contribution in [0.1, 0.15) is 32.3 Å². The van der Waals surface area contributed by atoms with Crippen LogP contribution >= 0.6 is 11.8 Å². The summed E-state index contributed by atoms with van der Waals surface area (Å²) in [4.78, 5) is 1.32. The predicted octanol–water partition coefficient (Wildman–Crippen LogP) is 3.46. The zero-order valence-electron chi connectivity index (χ0n) is 11.5. The summed E-state index contributed by atoms with van der Waals surface area (Å²) in [5.74, 6) is 0. The number of hydrogen-bond donors (Lipinski definition) is 1. The zero-order chi connectivity index (χ0) is 13.0. The molecule has 100 valence electrons. The van der Waals surface area contributed by atoms with Crippen LogP contribution in [0, 0.1) is 0 Å². The molecule has 1 atom stereocenters. The summed E-state index contributed by atoms with van der Waals surface area (Å²) >= 11 is 1.79. The second-order valence-electron chi connectivity index (χ2n) is 5.53. The van der Waals surface area contributed by atoms with Gasteiger partial charge in [-0.25, -0.2) is 0 Å². The molecule has 0 amide bonds. The number of thioether (sulfide) groups is 1. The highest BCUT2D eigenvalue weighted by Gasteiger charge is 2.28. The van der Waals surface area contributed by atoms with Crippen molar-refractivity contribution >= 4 is 11.8 Å². The Balaban J connectivity index is 1.83. The first-order chi connectivity index (χ1) is 8.59. The van der Waals surface area contributed by atoms with Crippen molar-refractivity contribution in [1.82, 2.24) is 5.32 Å². The van der Waals surface area contributed by atoms with E-state index < -0.39 is 0 Å². The highest BCUT2D eigenvalue weighted by Crippen LogP contribution is 2.24. The SMILES string of the molecule is CSc1ccc(CNC2CCOC(C)(C)C2)cc1. The van der Waals surface area contributed by atoms with Gasteiger partial charge in [-0.15, -0.1) is 11.8 Å².